The van der Waals surface area contributed by atoms with E-state index in [9.17, 15) is 0 Å². The van der Waals surface area contributed by atoms with Gasteiger partial charge < -0.3 is 0 Å². The van der Waals surface area contributed by atoms with Crippen LogP contribution in [0.5, 0.6) is 0 Å². The number of rotatable bonds is 4. The van der Waals surface area contributed by atoms with Crippen LogP contribution in [0.1, 0.15) is 44.9 Å². The molecule has 0 unspecified atom stereocenters. The lowest BCUT2D eigenvalue weighted by atomic mass is 9.89. The summed E-state index contributed by atoms with van der Waals surface area (Å²) in [5.41, 5.74) is 0.901. The van der Waals surface area contributed by atoms with E-state index in [0.29, 0.717) is 0 Å². The fraction of sp³-hybridized carbons (Fsp3) is 0.455. The van der Waals surface area contributed by atoms with Crippen LogP contribution >= 0.6 is 7.92 Å². The molecule has 0 nitrogen and oxygen atoms in total. The minimum absolute atomic E-state index is 0.207. The van der Waals surface area contributed by atoms with E-state index >= 15 is 0 Å². The zero-order chi connectivity index (χ0) is 15.5. The van der Waals surface area contributed by atoms with Crippen molar-refractivity contribution in [3.05, 3.63) is 60.7 Å². The summed E-state index contributed by atoms with van der Waals surface area (Å²) in [5, 5.41) is 3.17. The van der Waals surface area contributed by atoms with Gasteiger partial charge in [-0.3, -0.25) is 0 Å². The molecule has 0 saturated heterocycles. The molecule has 0 bridgehead atoms. The van der Waals surface area contributed by atoms with E-state index in [4.69, 9.17) is 0 Å². The Hall–Kier alpha value is -1.13. The van der Waals surface area contributed by atoms with E-state index in [-0.39, 0.29) is 7.92 Å². The van der Waals surface area contributed by atoms with E-state index in [0.717, 1.165) is 17.5 Å². The van der Waals surface area contributed by atoms with Gasteiger partial charge in [-0.25, -0.2) is 0 Å². The maximum Gasteiger partial charge on any atom is -0.00978 e. The van der Waals surface area contributed by atoms with E-state index in [2.05, 4.69) is 60.7 Å². The molecule has 0 spiro atoms. The molecular weight excluding hydrogens is 295 g/mol. The van der Waals surface area contributed by atoms with E-state index in [1.807, 2.05) is 0 Å². The smallest absolute Gasteiger partial charge is 0.00978 e. The summed E-state index contributed by atoms with van der Waals surface area (Å²) in [6.45, 7) is 0. The van der Waals surface area contributed by atoms with Gasteiger partial charge in [-0.2, -0.15) is 0 Å². The SMILES string of the molecule is c1ccc(P(c2ccccc2)[C@@H]2CCC[C@@H]2C2CCCC2)cc1. The Bertz CT molecular complexity index is 561. The highest BCUT2D eigenvalue weighted by molar-refractivity contribution is 7.73. The predicted octanol–water partition coefficient (Wildman–Crippen LogP) is 5.48. The van der Waals surface area contributed by atoms with E-state index in [1.54, 1.807) is 10.6 Å². The van der Waals surface area contributed by atoms with Crippen LogP contribution in [0.4, 0.5) is 0 Å². The molecule has 0 aromatic heterocycles. The molecule has 0 heterocycles. The summed E-state index contributed by atoms with van der Waals surface area (Å²) in [7, 11) is -0.207. The van der Waals surface area contributed by atoms with Gasteiger partial charge in [0.2, 0.25) is 0 Å². The maximum atomic E-state index is 2.38. The molecule has 120 valence electrons. The molecule has 2 aromatic rings. The Morgan fingerprint density at radius 3 is 1.74 bits per heavy atom. The second-order valence-corrected chi connectivity index (χ2v) is 9.68. The van der Waals surface area contributed by atoms with E-state index < -0.39 is 0 Å². The predicted molar refractivity (Wildman–Crippen MR) is 102 cm³/mol. The van der Waals surface area contributed by atoms with Crippen molar-refractivity contribution < 1.29 is 0 Å². The molecule has 2 aliphatic rings. The molecular formula is C22H27P. The first-order valence-corrected chi connectivity index (χ1v) is 10.7. The molecule has 2 saturated carbocycles. The highest BCUT2D eigenvalue weighted by Gasteiger charge is 2.39. The first-order valence-electron chi connectivity index (χ1n) is 9.33. The summed E-state index contributed by atoms with van der Waals surface area (Å²) in [5.74, 6) is 1.99. The van der Waals surface area contributed by atoms with Gasteiger partial charge in [-0.1, -0.05) is 92.8 Å². The van der Waals surface area contributed by atoms with Crippen molar-refractivity contribution in [2.24, 2.45) is 11.8 Å². The summed E-state index contributed by atoms with van der Waals surface area (Å²) in [6, 6.07) is 22.7. The van der Waals surface area contributed by atoms with Gasteiger partial charge in [0.25, 0.3) is 0 Å². The zero-order valence-corrected chi connectivity index (χ0v) is 14.8. The summed E-state index contributed by atoms with van der Waals surface area (Å²) >= 11 is 0. The van der Waals surface area contributed by atoms with Crippen LogP contribution in [-0.2, 0) is 0 Å². The van der Waals surface area contributed by atoms with Crippen LogP contribution < -0.4 is 10.6 Å². The molecule has 23 heavy (non-hydrogen) atoms. The van der Waals surface area contributed by atoms with Crippen molar-refractivity contribution in [1.29, 1.82) is 0 Å². The number of hydrogen-bond acceptors (Lipinski definition) is 0. The highest BCUT2D eigenvalue weighted by Crippen LogP contribution is 2.54. The average Bonchev–Trinajstić information content (AvgIpc) is 3.28. The van der Waals surface area contributed by atoms with Gasteiger partial charge in [0.05, 0.1) is 0 Å². The van der Waals surface area contributed by atoms with Gasteiger partial charge in [0.15, 0.2) is 0 Å². The molecule has 0 N–H and O–H groups in total. The highest BCUT2D eigenvalue weighted by atomic mass is 31.1. The van der Waals surface area contributed by atoms with Crippen LogP contribution in [0.2, 0.25) is 0 Å². The maximum absolute atomic E-state index is 2.38. The van der Waals surface area contributed by atoms with Gasteiger partial charge >= 0.3 is 0 Å². The fourth-order valence-corrected chi connectivity index (χ4v) is 8.20. The Morgan fingerprint density at radius 1 is 0.609 bits per heavy atom. The van der Waals surface area contributed by atoms with Crippen LogP contribution in [0.3, 0.4) is 0 Å². The molecule has 4 rings (SSSR count). The van der Waals surface area contributed by atoms with Crippen molar-refractivity contribution in [1.82, 2.24) is 0 Å². The Balaban J connectivity index is 1.70. The fourth-order valence-electron chi connectivity index (χ4n) is 4.93. The zero-order valence-electron chi connectivity index (χ0n) is 13.9. The normalized spacial score (nSPS) is 25.3. The van der Waals surface area contributed by atoms with Crippen molar-refractivity contribution in [2.75, 3.05) is 0 Å². The van der Waals surface area contributed by atoms with Gasteiger partial charge in [0.1, 0.15) is 0 Å². The van der Waals surface area contributed by atoms with Crippen molar-refractivity contribution in [3.63, 3.8) is 0 Å². The molecule has 2 atom stereocenters. The lowest BCUT2D eigenvalue weighted by molar-refractivity contribution is 0.352. The second kappa shape index (κ2) is 7.18. The van der Waals surface area contributed by atoms with Crippen molar-refractivity contribution >= 4 is 18.5 Å². The monoisotopic (exact) mass is 322 g/mol. The molecule has 0 aliphatic heterocycles. The first-order chi connectivity index (χ1) is 11.4. The summed E-state index contributed by atoms with van der Waals surface area (Å²) in [4.78, 5) is 0. The molecule has 1 heteroatoms. The molecule has 2 aromatic carbocycles. The third kappa shape index (κ3) is 3.24. The molecule has 2 aliphatic carbocycles. The first kappa shape index (κ1) is 15.4. The van der Waals surface area contributed by atoms with Crippen LogP contribution in [-0.4, -0.2) is 5.66 Å². The lowest BCUT2D eigenvalue weighted by Gasteiger charge is -2.33. The number of benzene rings is 2. The molecule has 0 radical (unpaired) electrons. The second-order valence-electron chi connectivity index (χ2n) is 7.25. The van der Waals surface area contributed by atoms with Crippen LogP contribution in [0, 0.1) is 11.8 Å². The molecule has 2 fully saturated rings. The largest absolute Gasteiger partial charge is 0.0622 e. The third-order valence-corrected chi connectivity index (χ3v) is 8.95. The van der Waals surface area contributed by atoms with Crippen molar-refractivity contribution in [2.45, 2.75) is 50.6 Å². The minimum atomic E-state index is -0.207. The minimum Gasteiger partial charge on any atom is -0.0622 e. The van der Waals surface area contributed by atoms with Gasteiger partial charge in [-0.05, 0) is 48.9 Å². The number of hydrogen-bond donors (Lipinski definition) is 0. The molecule has 0 amide bonds. The van der Waals surface area contributed by atoms with Gasteiger partial charge in [-0.15, -0.1) is 0 Å². The van der Waals surface area contributed by atoms with E-state index in [1.165, 1.54) is 44.9 Å². The summed E-state index contributed by atoms with van der Waals surface area (Å²) < 4.78 is 0. The lowest BCUT2D eigenvalue weighted by Crippen LogP contribution is -2.28. The van der Waals surface area contributed by atoms with Crippen LogP contribution in [0.15, 0.2) is 60.7 Å². The topological polar surface area (TPSA) is 0 Å². The quantitative estimate of drug-likeness (QED) is 0.654. The standard InChI is InChI=1S/C22H27P/c1-3-12-19(13-4-1)23(20-14-5-2-6-15-20)22-17-9-16-21(22)18-10-7-8-11-18/h1-6,12-15,18,21-22H,7-11,16-17H2/t21-,22-/m1/s1. The van der Waals surface area contributed by atoms with Crippen LogP contribution in [0.25, 0.3) is 0 Å². The third-order valence-electron chi connectivity index (χ3n) is 5.94. The van der Waals surface area contributed by atoms with Crippen molar-refractivity contribution in [3.8, 4) is 0 Å². The Morgan fingerprint density at radius 2 is 1.17 bits per heavy atom. The van der Waals surface area contributed by atoms with Gasteiger partial charge in [0, 0.05) is 0 Å². The average molecular weight is 322 g/mol. The summed E-state index contributed by atoms with van der Waals surface area (Å²) in [6.07, 6.45) is 10.3. The Kier molecular flexibility index (Phi) is 4.81. The Labute approximate surface area is 142 Å².